The van der Waals surface area contributed by atoms with Gasteiger partial charge in [-0.25, -0.2) is 0 Å². The lowest BCUT2D eigenvalue weighted by atomic mass is 10.1. The molecule has 8 nitrogen and oxygen atoms in total. The summed E-state index contributed by atoms with van der Waals surface area (Å²) in [6, 6.07) is -0.288. The van der Waals surface area contributed by atoms with Crippen molar-refractivity contribution < 1.29 is 27.8 Å². The van der Waals surface area contributed by atoms with E-state index in [1.807, 2.05) is 0 Å². The number of halogens is 3. The average molecular weight is 307 g/mol. The van der Waals surface area contributed by atoms with E-state index < -0.39 is 44.9 Å². The summed E-state index contributed by atoms with van der Waals surface area (Å²) in [4.78, 5) is 30.8. The van der Waals surface area contributed by atoms with Crippen molar-refractivity contribution in [3.05, 3.63) is 44.0 Å². The van der Waals surface area contributed by atoms with Gasteiger partial charge in [0.05, 0.1) is 21.5 Å². The van der Waals surface area contributed by atoms with E-state index in [0.29, 0.717) is 25.1 Å². The van der Waals surface area contributed by atoms with Crippen LogP contribution in [0, 0.1) is 20.2 Å². The molecule has 21 heavy (non-hydrogen) atoms. The van der Waals surface area contributed by atoms with Crippen molar-refractivity contribution >= 4 is 17.3 Å². The van der Waals surface area contributed by atoms with Crippen LogP contribution in [0.3, 0.4) is 0 Å². The highest BCUT2D eigenvalue weighted by atomic mass is 19.4. The van der Waals surface area contributed by atoms with E-state index in [9.17, 15) is 38.2 Å². The molecular formula is C10H8F3N3O5. The number of amides is 1. The smallest absolute Gasteiger partial charge is 0.341 e. The molecule has 1 amide bonds. The maximum absolute atomic E-state index is 12.3. The van der Waals surface area contributed by atoms with Gasteiger partial charge in [0, 0.05) is 12.1 Å². The first kappa shape index (κ1) is 16.3. The Morgan fingerprint density at radius 2 is 1.57 bits per heavy atom. The number of nitro benzene ring substituents is 2. The highest BCUT2D eigenvalue weighted by Crippen LogP contribution is 2.24. The molecule has 0 bridgehead atoms. The number of carbonyl (C=O) groups excluding carboxylic acids is 1. The van der Waals surface area contributed by atoms with Crippen LogP contribution in [0.25, 0.3) is 0 Å². The fourth-order valence-electron chi connectivity index (χ4n) is 1.30. The van der Waals surface area contributed by atoms with Crippen molar-refractivity contribution in [1.82, 2.24) is 5.32 Å². The van der Waals surface area contributed by atoms with Crippen LogP contribution in [0.4, 0.5) is 24.5 Å². The molecule has 0 radical (unpaired) electrons. The predicted octanol–water partition coefficient (Wildman–Crippen LogP) is 2.18. The minimum Gasteiger partial charge on any atom is -0.341 e. The van der Waals surface area contributed by atoms with Crippen molar-refractivity contribution in [2.24, 2.45) is 0 Å². The zero-order chi connectivity index (χ0) is 16.4. The van der Waals surface area contributed by atoms with Crippen molar-refractivity contribution in [3.8, 4) is 0 Å². The van der Waals surface area contributed by atoms with E-state index in [-0.39, 0.29) is 0 Å². The van der Waals surface area contributed by atoms with Gasteiger partial charge in [-0.2, -0.15) is 13.2 Å². The minimum absolute atomic E-state index is 0.601. The molecule has 1 unspecified atom stereocenters. The molecule has 0 aliphatic rings. The van der Waals surface area contributed by atoms with Crippen molar-refractivity contribution in [2.45, 2.75) is 19.1 Å². The standard InChI is InChI=1S/C10H8F3N3O5/c1-5(10(11,12)13)14-9(17)6-2-7(15(18)19)4-8(3-6)16(20)21/h2-5H,1H3,(H,14,17). The topological polar surface area (TPSA) is 115 Å². The lowest BCUT2D eigenvalue weighted by molar-refractivity contribution is -0.394. The van der Waals surface area contributed by atoms with Gasteiger partial charge >= 0.3 is 6.18 Å². The Labute approximate surface area is 114 Å². The Hall–Kier alpha value is -2.72. The van der Waals surface area contributed by atoms with Crippen LogP contribution >= 0.6 is 0 Å². The van der Waals surface area contributed by atoms with Crippen LogP contribution in [0.2, 0.25) is 0 Å². The molecule has 1 atom stereocenters. The molecule has 0 heterocycles. The summed E-state index contributed by atoms with van der Waals surface area (Å²) >= 11 is 0. The average Bonchev–Trinajstić information content (AvgIpc) is 2.36. The molecule has 0 aromatic heterocycles. The van der Waals surface area contributed by atoms with Gasteiger partial charge in [-0.3, -0.25) is 25.0 Å². The molecule has 0 saturated carbocycles. The summed E-state index contributed by atoms with van der Waals surface area (Å²) in [6.45, 7) is 0.670. The summed E-state index contributed by atoms with van der Waals surface area (Å²) in [7, 11) is 0. The van der Waals surface area contributed by atoms with E-state index in [2.05, 4.69) is 0 Å². The first-order chi connectivity index (χ1) is 9.52. The second-order valence-corrected chi connectivity index (χ2v) is 3.99. The Morgan fingerprint density at radius 3 is 1.90 bits per heavy atom. The number of alkyl halides is 3. The normalized spacial score (nSPS) is 12.6. The Bertz CT molecular complexity index is 570. The molecule has 1 N–H and O–H groups in total. The van der Waals surface area contributed by atoms with Crippen molar-refractivity contribution in [3.63, 3.8) is 0 Å². The summed E-state index contributed by atoms with van der Waals surface area (Å²) < 4.78 is 36.9. The van der Waals surface area contributed by atoms with E-state index in [0.717, 1.165) is 0 Å². The van der Waals surface area contributed by atoms with E-state index >= 15 is 0 Å². The molecule has 0 spiro atoms. The van der Waals surface area contributed by atoms with Crippen LogP contribution in [0.15, 0.2) is 18.2 Å². The zero-order valence-electron chi connectivity index (χ0n) is 10.4. The molecule has 0 saturated heterocycles. The molecule has 0 aliphatic carbocycles. The number of carbonyl (C=O) groups is 1. The summed E-state index contributed by atoms with van der Waals surface area (Å²) in [5, 5.41) is 22.8. The lowest BCUT2D eigenvalue weighted by Gasteiger charge is -2.16. The molecule has 1 rings (SSSR count). The second-order valence-electron chi connectivity index (χ2n) is 3.99. The third-order valence-corrected chi connectivity index (χ3v) is 2.42. The fourth-order valence-corrected chi connectivity index (χ4v) is 1.30. The first-order valence-electron chi connectivity index (χ1n) is 5.34. The van der Waals surface area contributed by atoms with E-state index in [1.54, 1.807) is 5.32 Å². The number of non-ortho nitro benzene ring substituents is 2. The van der Waals surface area contributed by atoms with Crippen LogP contribution in [-0.4, -0.2) is 28.0 Å². The van der Waals surface area contributed by atoms with Crippen LogP contribution in [0.1, 0.15) is 17.3 Å². The molecule has 0 fully saturated rings. The van der Waals surface area contributed by atoms with E-state index in [4.69, 9.17) is 0 Å². The molecule has 11 heteroatoms. The minimum atomic E-state index is -4.71. The fraction of sp³-hybridized carbons (Fsp3) is 0.300. The first-order valence-corrected chi connectivity index (χ1v) is 5.34. The van der Waals surface area contributed by atoms with Gasteiger partial charge in [0.1, 0.15) is 6.04 Å². The van der Waals surface area contributed by atoms with Gasteiger partial charge in [-0.05, 0) is 6.92 Å². The number of nitrogens with one attached hydrogen (secondary N) is 1. The number of benzene rings is 1. The van der Waals surface area contributed by atoms with E-state index in [1.165, 1.54) is 0 Å². The lowest BCUT2D eigenvalue weighted by Crippen LogP contribution is -2.43. The van der Waals surface area contributed by atoms with Gasteiger partial charge < -0.3 is 5.32 Å². The third-order valence-electron chi connectivity index (χ3n) is 2.42. The largest absolute Gasteiger partial charge is 0.408 e. The molecule has 1 aromatic rings. The monoisotopic (exact) mass is 307 g/mol. The number of nitrogens with zero attached hydrogens (tertiary/aromatic N) is 2. The number of rotatable bonds is 4. The zero-order valence-corrected chi connectivity index (χ0v) is 10.4. The van der Waals surface area contributed by atoms with Crippen LogP contribution < -0.4 is 5.32 Å². The maximum Gasteiger partial charge on any atom is 0.408 e. The highest BCUT2D eigenvalue weighted by Gasteiger charge is 2.37. The van der Waals surface area contributed by atoms with Crippen LogP contribution in [0.5, 0.6) is 0 Å². The number of nitro groups is 2. The summed E-state index contributed by atoms with van der Waals surface area (Å²) in [5.74, 6) is -1.30. The van der Waals surface area contributed by atoms with Gasteiger partial charge in [0.15, 0.2) is 0 Å². The Morgan fingerprint density at radius 1 is 1.14 bits per heavy atom. The maximum atomic E-state index is 12.3. The summed E-state index contributed by atoms with van der Waals surface area (Å²) in [6.07, 6.45) is -4.71. The molecule has 1 aromatic carbocycles. The Kier molecular flexibility index (Phi) is 4.45. The van der Waals surface area contributed by atoms with Gasteiger partial charge in [0.25, 0.3) is 17.3 Å². The number of hydrogen-bond donors (Lipinski definition) is 1. The molecular weight excluding hydrogens is 299 g/mol. The Balaban J connectivity index is 3.14. The molecule has 0 aliphatic heterocycles. The highest BCUT2D eigenvalue weighted by molar-refractivity contribution is 5.95. The SMILES string of the molecule is CC(NC(=O)c1cc([N+](=O)[O-])cc([N+](=O)[O-])c1)C(F)(F)F. The van der Waals surface area contributed by atoms with Crippen molar-refractivity contribution in [2.75, 3.05) is 0 Å². The van der Waals surface area contributed by atoms with Gasteiger partial charge in [-0.15, -0.1) is 0 Å². The third kappa shape index (κ3) is 4.12. The van der Waals surface area contributed by atoms with Gasteiger partial charge in [0.2, 0.25) is 0 Å². The molecule has 114 valence electrons. The number of hydrogen-bond acceptors (Lipinski definition) is 5. The quantitative estimate of drug-likeness (QED) is 0.676. The van der Waals surface area contributed by atoms with Gasteiger partial charge in [-0.1, -0.05) is 0 Å². The van der Waals surface area contributed by atoms with Crippen molar-refractivity contribution in [1.29, 1.82) is 0 Å². The second kappa shape index (κ2) is 5.73. The van der Waals surface area contributed by atoms with Crippen LogP contribution in [-0.2, 0) is 0 Å². The summed E-state index contributed by atoms with van der Waals surface area (Å²) in [5.41, 5.74) is -2.14. The predicted molar refractivity (Wildman–Crippen MR) is 62.7 cm³/mol.